The summed E-state index contributed by atoms with van der Waals surface area (Å²) in [6, 6.07) is 0. The zero-order valence-corrected chi connectivity index (χ0v) is 14.1. The van der Waals surface area contributed by atoms with Gasteiger partial charge < -0.3 is 5.73 Å². The Morgan fingerprint density at radius 3 is 2.52 bits per heavy atom. The van der Waals surface area contributed by atoms with Crippen molar-refractivity contribution >= 4 is 6.21 Å². The second-order valence-electron chi connectivity index (χ2n) is 6.21. The van der Waals surface area contributed by atoms with Crippen molar-refractivity contribution in [3.63, 3.8) is 0 Å². The maximum atomic E-state index is 5.96. The third kappa shape index (κ3) is 8.37. The third-order valence-electron chi connectivity index (χ3n) is 4.20. The van der Waals surface area contributed by atoms with Crippen molar-refractivity contribution in [3.05, 3.63) is 12.2 Å². The Hall–Kier alpha value is -0.670. The first-order valence-electron chi connectivity index (χ1n) is 8.93. The van der Waals surface area contributed by atoms with E-state index in [2.05, 4.69) is 35.9 Å². The first-order valence-corrected chi connectivity index (χ1v) is 8.93. The van der Waals surface area contributed by atoms with Crippen LogP contribution in [0.5, 0.6) is 0 Å². The number of unbranched alkanes of at least 4 members (excludes halogenated alkanes) is 7. The van der Waals surface area contributed by atoms with Gasteiger partial charge in [0.1, 0.15) is 6.17 Å². The molecule has 3 nitrogen and oxygen atoms in total. The zero-order valence-electron chi connectivity index (χ0n) is 14.1. The van der Waals surface area contributed by atoms with Gasteiger partial charge in [-0.15, -0.1) is 0 Å². The minimum Gasteiger partial charge on any atom is -0.316 e. The van der Waals surface area contributed by atoms with Gasteiger partial charge in [0.15, 0.2) is 0 Å². The molecule has 0 aromatic carbocycles. The Labute approximate surface area is 131 Å². The molecule has 1 aliphatic rings. The average Bonchev–Trinajstić information content (AvgIpc) is 2.93. The molecular weight excluding hydrogens is 258 g/mol. The maximum Gasteiger partial charge on any atom is 0.103 e. The molecule has 1 rings (SSSR count). The molecule has 0 saturated heterocycles. The number of nitrogens with zero attached hydrogens (tertiary/aromatic N) is 2. The summed E-state index contributed by atoms with van der Waals surface area (Å²) in [7, 11) is 0. The van der Waals surface area contributed by atoms with Crippen LogP contribution in [0.2, 0.25) is 0 Å². The lowest BCUT2D eigenvalue weighted by Crippen LogP contribution is -2.43. The topological polar surface area (TPSA) is 41.6 Å². The van der Waals surface area contributed by atoms with E-state index < -0.39 is 0 Å². The normalized spacial score (nSPS) is 20.6. The number of aliphatic imine (C=N–C) groups is 1. The second-order valence-corrected chi connectivity index (χ2v) is 6.21. The molecule has 21 heavy (non-hydrogen) atoms. The molecular formula is C18H35N3. The van der Waals surface area contributed by atoms with Gasteiger partial charge in [0.25, 0.3) is 0 Å². The Morgan fingerprint density at radius 1 is 1.14 bits per heavy atom. The molecule has 1 aliphatic heterocycles. The molecule has 2 atom stereocenters. The SMILES string of the molecule is CCCC/C=C/CCCCCCCC1N=CCN1C(C)N. The van der Waals surface area contributed by atoms with Crippen molar-refractivity contribution < 1.29 is 0 Å². The number of allylic oxidation sites excluding steroid dienone is 2. The Balaban J connectivity index is 1.91. The molecule has 0 fully saturated rings. The highest BCUT2D eigenvalue weighted by molar-refractivity contribution is 5.62. The molecule has 0 radical (unpaired) electrons. The molecule has 0 aromatic rings. The summed E-state index contributed by atoms with van der Waals surface area (Å²) >= 11 is 0. The van der Waals surface area contributed by atoms with Crippen LogP contribution in [0.4, 0.5) is 0 Å². The summed E-state index contributed by atoms with van der Waals surface area (Å²) in [6.07, 6.45) is 20.2. The van der Waals surface area contributed by atoms with E-state index in [0.29, 0.717) is 6.17 Å². The van der Waals surface area contributed by atoms with Crippen LogP contribution in [0.25, 0.3) is 0 Å². The van der Waals surface area contributed by atoms with Crippen molar-refractivity contribution in [2.75, 3.05) is 6.54 Å². The molecule has 0 aliphatic carbocycles. The second kappa shape index (κ2) is 11.9. The highest BCUT2D eigenvalue weighted by atomic mass is 15.3. The number of rotatable bonds is 12. The Kier molecular flexibility index (Phi) is 10.4. The maximum absolute atomic E-state index is 5.96. The number of nitrogens with two attached hydrogens (primary N) is 1. The zero-order chi connectivity index (χ0) is 15.3. The van der Waals surface area contributed by atoms with Crippen LogP contribution in [0.1, 0.15) is 78.1 Å². The molecule has 0 spiro atoms. The largest absolute Gasteiger partial charge is 0.316 e. The fraction of sp³-hybridized carbons (Fsp3) is 0.833. The van der Waals surface area contributed by atoms with E-state index in [1.807, 2.05) is 6.21 Å². The Bertz CT molecular complexity index is 297. The lowest BCUT2D eigenvalue weighted by Gasteiger charge is -2.26. The van der Waals surface area contributed by atoms with Gasteiger partial charge in [-0.2, -0.15) is 0 Å². The summed E-state index contributed by atoms with van der Waals surface area (Å²) < 4.78 is 0. The standard InChI is InChI=1S/C18H35N3/c1-3-4-5-6-7-8-9-10-11-12-13-14-18-20-15-16-21(18)17(2)19/h6-7,15,17-18H,3-5,8-14,16,19H2,1-2H3/b7-6+. The Morgan fingerprint density at radius 2 is 1.81 bits per heavy atom. The summed E-state index contributed by atoms with van der Waals surface area (Å²) in [6.45, 7) is 5.22. The predicted molar refractivity (Wildman–Crippen MR) is 93.6 cm³/mol. The van der Waals surface area contributed by atoms with E-state index in [9.17, 15) is 0 Å². The van der Waals surface area contributed by atoms with E-state index >= 15 is 0 Å². The van der Waals surface area contributed by atoms with Gasteiger partial charge in [-0.3, -0.25) is 9.89 Å². The highest BCUT2D eigenvalue weighted by Crippen LogP contribution is 2.17. The molecule has 2 unspecified atom stereocenters. The van der Waals surface area contributed by atoms with Gasteiger partial charge in [-0.05, 0) is 39.0 Å². The lowest BCUT2D eigenvalue weighted by molar-refractivity contribution is 0.182. The molecule has 2 N–H and O–H groups in total. The average molecular weight is 293 g/mol. The van der Waals surface area contributed by atoms with Crippen LogP contribution in [-0.4, -0.2) is 30.0 Å². The fourth-order valence-corrected chi connectivity index (χ4v) is 2.83. The van der Waals surface area contributed by atoms with E-state index in [1.54, 1.807) is 0 Å². The monoisotopic (exact) mass is 293 g/mol. The van der Waals surface area contributed by atoms with E-state index in [0.717, 1.165) is 13.0 Å². The molecule has 1 heterocycles. The lowest BCUT2D eigenvalue weighted by atomic mass is 10.1. The van der Waals surface area contributed by atoms with Crippen molar-refractivity contribution in [2.24, 2.45) is 10.7 Å². The van der Waals surface area contributed by atoms with Crippen LogP contribution in [-0.2, 0) is 0 Å². The van der Waals surface area contributed by atoms with Gasteiger partial charge in [-0.25, -0.2) is 0 Å². The minimum absolute atomic E-state index is 0.122. The molecule has 3 heteroatoms. The molecule has 0 saturated carbocycles. The molecule has 0 aromatic heterocycles. The van der Waals surface area contributed by atoms with Crippen molar-refractivity contribution in [1.82, 2.24) is 4.90 Å². The minimum atomic E-state index is 0.122. The van der Waals surface area contributed by atoms with Crippen molar-refractivity contribution in [3.8, 4) is 0 Å². The van der Waals surface area contributed by atoms with E-state index in [-0.39, 0.29) is 6.17 Å². The van der Waals surface area contributed by atoms with Gasteiger partial charge >= 0.3 is 0 Å². The summed E-state index contributed by atoms with van der Waals surface area (Å²) in [5.41, 5.74) is 5.96. The molecule has 0 amide bonds. The first-order chi connectivity index (χ1) is 10.3. The number of hydrogen-bond donors (Lipinski definition) is 1. The number of hydrogen-bond acceptors (Lipinski definition) is 3. The van der Waals surface area contributed by atoms with Gasteiger partial charge in [0.2, 0.25) is 0 Å². The van der Waals surface area contributed by atoms with Gasteiger partial charge in [0, 0.05) is 12.8 Å². The molecule has 122 valence electrons. The van der Waals surface area contributed by atoms with Gasteiger partial charge in [-0.1, -0.05) is 51.2 Å². The molecule has 0 bridgehead atoms. The van der Waals surface area contributed by atoms with Crippen LogP contribution >= 0.6 is 0 Å². The van der Waals surface area contributed by atoms with Crippen LogP contribution in [0, 0.1) is 0 Å². The summed E-state index contributed by atoms with van der Waals surface area (Å²) in [5, 5.41) is 0. The van der Waals surface area contributed by atoms with Gasteiger partial charge in [0.05, 0.1) is 6.17 Å². The summed E-state index contributed by atoms with van der Waals surface area (Å²) in [5.74, 6) is 0. The van der Waals surface area contributed by atoms with Crippen molar-refractivity contribution in [1.29, 1.82) is 0 Å². The van der Waals surface area contributed by atoms with Crippen LogP contribution in [0.3, 0.4) is 0 Å². The van der Waals surface area contributed by atoms with E-state index in [4.69, 9.17) is 5.73 Å². The van der Waals surface area contributed by atoms with E-state index in [1.165, 1.54) is 57.8 Å². The van der Waals surface area contributed by atoms with Crippen molar-refractivity contribution in [2.45, 2.75) is 90.4 Å². The summed E-state index contributed by atoms with van der Waals surface area (Å²) in [4.78, 5) is 6.81. The van der Waals surface area contributed by atoms with Crippen LogP contribution < -0.4 is 5.73 Å². The first kappa shape index (κ1) is 18.4. The predicted octanol–water partition coefficient (Wildman–Crippen LogP) is 4.48. The third-order valence-corrected chi connectivity index (χ3v) is 4.20. The highest BCUT2D eigenvalue weighted by Gasteiger charge is 2.22. The smallest absolute Gasteiger partial charge is 0.103 e. The fourth-order valence-electron chi connectivity index (χ4n) is 2.83. The van der Waals surface area contributed by atoms with Crippen LogP contribution in [0.15, 0.2) is 17.1 Å². The quantitative estimate of drug-likeness (QED) is 0.426.